The highest BCUT2D eigenvalue weighted by molar-refractivity contribution is 5.93. The van der Waals surface area contributed by atoms with E-state index in [0.717, 1.165) is 11.1 Å². The molecule has 0 bridgehead atoms. The van der Waals surface area contributed by atoms with Crippen LogP contribution in [0.2, 0.25) is 0 Å². The number of ether oxygens (including phenoxy) is 1. The Balaban J connectivity index is 1.89. The first-order valence-electron chi connectivity index (χ1n) is 11.8. The average Bonchev–Trinajstić information content (AvgIpc) is 3.27. The zero-order valence-electron chi connectivity index (χ0n) is 20.4. The third kappa shape index (κ3) is 7.15. The molecule has 2 aromatic carbocycles. The molecule has 1 fully saturated rings. The molecule has 2 aromatic rings. The molecule has 3 amide bonds. The first-order valence-corrected chi connectivity index (χ1v) is 11.8. The van der Waals surface area contributed by atoms with Gasteiger partial charge in [0.1, 0.15) is 24.0 Å². The molecule has 186 valence electrons. The van der Waals surface area contributed by atoms with Crippen LogP contribution in [-0.2, 0) is 25.5 Å². The Morgan fingerprint density at radius 2 is 1.69 bits per heavy atom. The first-order chi connectivity index (χ1) is 16.7. The van der Waals surface area contributed by atoms with Gasteiger partial charge in [-0.05, 0) is 38.3 Å². The SMILES string of the molecule is CC(C)(C)OC(=O)N[C@H](Cc1ccccc1)C(=O)N1CCC(c2ccccc2)C1C(=O)NCC=O. The molecule has 1 saturated heterocycles. The van der Waals surface area contributed by atoms with Gasteiger partial charge >= 0.3 is 6.09 Å². The number of carbonyl (C=O) groups excluding carboxylic acids is 4. The van der Waals surface area contributed by atoms with Crippen molar-refractivity contribution in [3.8, 4) is 0 Å². The molecule has 3 rings (SSSR count). The van der Waals surface area contributed by atoms with E-state index in [2.05, 4.69) is 10.6 Å². The van der Waals surface area contributed by atoms with Gasteiger partial charge in [-0.3, -0.25) is 9.59 Å². The largest absolute Gasteiger partial charge is 0.444 e. The van der Waals surface area contributed by atoms with Crippen LogP contribution in [-0.4, -0.2) is 59.9 Å². The third-order valence-electron chi connectivity index (χ3n) is 5.81. The standard InChI is InChI=1S/C27H33N3O5/c1-27(2,3)35-26(34)29-22(18-19-10-6-4-7-11-19)25(33)30-16-14-21(20-12-8-5-9-13-20)23(30)24(32)28-15-17-31/h4-13,17,21-23H,14-16,18H2,1-3H3,(H,28,32)(H,29,34)/t21?,22-,23?/m1/s1. The molecule has 1 aliphatic rings. The van der Waals surface area contributed by atoms with Crippen molar-refractivity contribution in [2.24, 2.45) is 0 Å². The number of rotatable bonds is 8. The van der Waals surface area contributed by atoms with E-state index in [0.29, 0.717) is 19.3 Å². The lowest BCUT2D eigenvalue weighted by Gasteiger charge is -2.31. The summed E-state index contributed by atoms with van der Waals surface area (Å²) in [6.45, 7) is 5.46. The van der Waals surface area contributed by atoms with E-state index in [1.807, 2.05) is 60.7 Å². The second-order valence-electron chi connectivity index (χ2n) is 9.58. The highest BCUT2D eigenvalue weighted by Gasteiger charge is 2.44. The van der Waals surface area contributed by atoms with Crippen LogP contribution in [0.4, 0.5) is 4.79 Å². The van der Waals surface area contributed by atoms with Crippen molar-refractivity contribution in [2.45, 2.75) is 57.2 Å². The third-order valence-corrected chi connectivity index (χ3v) is 5.81. The van der Waals surface area contributed by atoms with Crippen molar-refractivity contribution in [2.75, 3.05) is 13.1 Å². The summed E-state index contributed by atoms with van der Waals surface area (Å²) in [6.07, 6.45) is 0.735. The molecule has 2 unspecified atom stereocenters. The molecule has 0 radical (unpaired) electrons. The Labute approximate surface area is 206 Å². The normalized spacial score (nSPS) is 18.4. The van der Waals surface area contributed by atoms with Crippen LogP contribution in [0, 0.1) is 0 Å². The summed E-state index contributed by atoms with van der Waals surface area (Å²) < 4.78 is 5.40. The lowest BCUT2D eigenvalue weighted by atomic mass is 9.91. The van der Waals surface area contributed by atoms with Crippen LogP contribution in [0.1, 0.15) is 44.2 Å². The van der Waals surface area contributed by atoms with Crippen molar-refractivity contribution < 1.29 is 23.9 Å². The second kappa shape index (κ2) is 11.6. The van der Waals surface area contributed by atoms with Crippen molar-refractivity contribution in [3.63, 3.8) is 0 Å². The molecule has 0 aromatic heterocycles. The molecule has 8 nitrogen and oxygen atoms in total. The molecule has 0 aliphatic carbocycles. The van der Waals surface area contributed by atoms with E-state index in [9.17, 15) is 19.2 Å². The molecule has 0 spiro atoms. The summed E-state index contributed by atoms with van der Waals surface area (Å²) in [5, 5.41) is 5.32. The average molecular weight is 480 g/mol. The molecular formula is C27H33N3O5. The fourth-order valence-electron chi connectivity index (χ4n) is 4.36. The van der Waals surface area contributed by atoms with E-state index in [1.165, 1.54) is 4.90 Å². The summed E-state index contributed by atoms with van der Waals surface area (Å²) >= 11 is 0. The smallest absolute Gasteiger partial charge is 0.408 e. The zero-order chi connectivity index (χ0) is 25.4. The molecule has 2 N–H and O–H groups in total. The topological polar surface area (TPSA) is 105 Å². The van der Waals surface area contributed by atoms with E-state index in [-0.39, 0.29) is 24.8 Å². The predicted octanol–water partition coefficient (Wildman–Crippen LogP) is 2.82. The molecule has 1 heterocycles. The number of alkyl carbamates (subject to hydrolysis) is 1. The predicted molar refractivity (Wildman–Crippen MR) is 132 cm³/mol. The zero-order valence-corrected chi connectivity index (χ0v) is 20.4. The monoisotopic (exact) mass is 479 g/mol. The minimum absolute atomic E-state index is 0.136. The number of nitrogens with zero attached hydrogens (tertiary/aromatic N) is 1. The minimum atomic E-state index is -0.928. The van der Waals surface area contributed by atoms with Gasteiger partial charge in [0.25, 0.3) is 0 Å². The van der Waals surface area contributed by atoms with E-state index >= 15 is 0 Å². The quantitative estimate of drug-likeness (QED) is 0.567. The Hall–Kier alpha value is -3.68. The van der Waals surface area contributed by atoms with Gasteiger partial charge in [-0.2, -0.15) is 0 Å². The number of nitrogens with one attached hydrogen (secondary N) is 2. The van der Waals surface area contributed by atoms with Crippen LogP contribution in [0.3, 0.4) is 0 Å². The molecule has 0 saturated carbocycles. The van der Waals surface area contributed by atoms with Gasteiger partial charge in [0.2, 0.25) is 11.8 Å². The number of amides is 3. The molecular weight excluding hydrogens is 446 g/mol. The highest BCUT2D eigenvalue weighted by atomic mass is 16.6. The second-order valence-corrected chi connectivity index (χ2v) is 9.58. The van der Waals surface area contributed by atoms with Gasteiger partial charge in [-0.15, -0.1) is 0 Å². The van der Waals surface area contributed by atoms with Gasteiger partial charge in [0, 0.05) is 18.9 Å². The van der Waals surface area contributed by atoms with Gasteiger partial charge < -0.3 is 25.1 Å². The van der Waals surface area contributed by atoms with Crippen LogP contribution < -0.4 is 10.6 Å². The fourth-order valence-corrected chi connectivity index (χ4v) is 4.36. The van der Waals surface area contributed by atoms with Crippen LogP contribution in [0.5, 0.6) is 0 Å². The van der Waals surface area contributed by atoms with Crippen LogP contribution in [0.15, 0.2) is 60.7 Å². The minimum Gasteiger partial charge on any atom is -0.444 e. The van der Waals surface area contributed by atoms with E-state index in [4.69, 9.17) is 4.74 Å². The Kier molecular flexibility index (Phi) is 8.63. The van der Waals surface area contributed by atoms with Gasteiger partial charge in [-0.1, -0.05) is 60.7 Å². The summed E-state index contributed by atoms with van der Waals surface area (Å²) in [7, 11) is 0. The van der Waals surface area contributed by atoms with Gasteiger partial charge in [0.05, 0.1) is 6.54 Å². The molecule has 1 aliphatic heterocycles. The molecule has 35 heavy (non-hydrogen) atoms. The Bertz CT molecular complexity index is 1020. The maximum atomic E-state index is 13.8. The van der Waals surface area contributed by atoms with Crippen molar-refractivity contribution in [1.29, 1.82) is 0 Å². The summed E-state index contributed by atoms with van der Waals surface area (Å²) in [6, 6.07) is 17.2. The Morgan fingerprint density at radius 3 is 2.29 bits per heavy atom. The lowest BCUT2D eigenvalue weighted by molar-refractivity contribution is -0.140. The van der Waals surface area contributed by atoms with Gasteiger partial charge in [-0.25, -0.2) is 4.79 Å². The summed E-state index contributed by atoms with van der Waals surface area (Å²) in [4.78, 5) is 51.9. The first kappa shape index (κ1) is 25.9. The van der Waals surface area contributed by atoms with Gasteiger partial charge in [0.15, 0.2) is 0 Å². The van der Waals surface area contributed by atoms with E-state index in [1.54, 1.807) is 20.8 Å². The number of hydrogen-bond donors (Lipinski definition) is 2. The maximum Gasteiger partial charge on any atom is 0.408 e. The number of hydrogen-bond acceptors (Lipinski definition) is 5. The molecule has 8 heteroatoms. The van der Waals surface area contributed by atoms with Crippen molar-refractivity contribution in [1.82, 2.24) is 15.5 Å². The number of benzene rings is 2. The number of carbonyl (C=O) groups is 4. The number of aldehydes is 1. The van der Waals surface area contributed by atoms with Crippen molar-refractivity contribution in [3.05, 3.63) is 71.8 Å². The summed E-state index contributed by atoms with van der Waals surface area (Å²) in [5.74, 6) is -0.998. The fraction of sp³-hybridized carbons (Fsp3) is 0.407. The van der Waals surface area contributed by atoms with E-state index < -0.39 is 29.7 Å². The van der Waals surface area contributed by atoms with Crippen molar-refractivity contribution >= 4 is 24.2 Å². The maximum absolute atomic E-state index is 13.8. The number of likely N-dealkylation sites (tertiary alicyclic amines) is 1. The Morgan fingerprint density at radius 1 is 1.06 bits per heavy atom. The molecule has 3 atom stereocenters. The lowest BCUT2D eigenvalue weighted by Crippen LogP contribution is -2.55. The van der Waals surface area contributed by atoms with Crippen LogP contribution >= 0.6 is 0 Å². The van der Waals surface area contributed by atoms with Crippen LogP contribution in [0.25, 0.3) is 0 Å². The highest BCUT2D eigenvalue weighted by Crippen LogP contribution is 2.34. The summed E-state index contributed by atoms with van der Waals surface area (Å²) in [5.41, 5.74) is 1.07.